The van der Waals surface area contributed by atoms with Crippen molar-refractivity contribution >= 4 is 27.7 Å². The van der Waals surface area contributed by atoms with Crippen molar-refractivity contribution < 1.29 is 51.7 Å². The van der Waals surface area contributed by atoms with Crippen LogP contribution in [0.1, 0.15) is 7.43 Å². The quantitative estimate of drug-likeness (QED) is 0.417. The Bertz CT molecular complexity index is 74.6. The summed E-state index contributed by atoms with van der Waals surface area (Å²) in [5, 5.41) is 0. The third kappa shape index (κ3) is 71.1. The van der Waals surface area contributed by atoms with Crippen LogP contribution in [0.15, 0.2) is 0 Å². The Morgan fingerprint density at radius 1 is 1.25 bits per heavy atom. The van der Waals surface area contributed by atoms with Gasteiger partial charge in [-0.05, 0) is 0 Å². The van der Waals surface area contributed by atoms with Crippen molar-refractivity contribution in [3.63, 3.8) is 0 Å². The van der Waals surface area contributed by atoms with Gasteiger partial charge in [0.25, 0.3) is 0 Å². The fraction of sp³-hybridized carbons (Fsp3) is 0.667. The van der Waals surface area contributed by atoms with Crippen LogP contribution in [0.2, 0.25) is 19.5 Å². The van der Waals surface area contributed by atoms with Gasteiger partial charge in [0.15, 0.2) is 0 Å². The molecule has 0 aromatic carbocycles. The van der Waals surface area contributed by atoms with Gasteiger partial charge in [-0.15, -0.1) is 0 Å². The smallest absolute Gasteiger partial charge is 0.0762 e. The van der Waals surface area contributed by atoms with Crippen LogP contribution in [0.3, 0.4) is 0 Å². The number of carbonyl (C=O) groups excluding carboxylic acids is 2. The summed E-state index contributed by atoms with van der Waals surface area (Å²) in [5.74, 6) is 0. The molecule has 0 bridgehead atoms. The minimum atomic E-state index is 0. The molecule has 0 heterocycles. The van der Waals surface area contributed by atoms with Crippen LogP contribution >= 0.6 is 0 Å². The fourth-order valence-corrected chi connectivity index (χ4v) is 0.0833. The van der Waals surface area contributed by atoms with Crippen molar-refractivity contribution in [2.24, 2.45) is 0 Å². The van der Waals surface area contributed by atoms with E-state index in [1.165, 1.54) is 6.29 Å². The van der Waals surface area contributed by atoms with E-state index >= 15 is 0 Å². The van der Waals surface area contributed by atoms with Crippen LogP contribution < -0.4 is 0 Å². The van der Waals surface area contributed by atoms with E-state index in [-0.39, 0.29) is 55.9 Å². The summed E-state index contributed by atoms with van der Waals surface area (Å²) in [6.07, 6.45) is 3.64. The summed E-state index contributed by atoms with van der Waals surface area (Å²) in [5.41, 5.74) is 0. The molecular formula is C6H11B2O2W2-2. The van der Waals surface area contributed by atoms with Gasteiger partial charge < -0.3 is 9.59 Å². The molecule has 2 nitrogen and oxygen atoms in total. The Hall–Kier alpha value is 0.846. The van der Waals surface area contributed by atoms with E-state index in [0.717, 1.165) is 0 Å². The Morgan fingerprint density at radius 3 is 1.58 bits per heavy atom. The summed E-state index contributed by atoms with van der Waals surface area (Å²) < 4.78 is 0. The molecule has 0 N–H and O–H groups in total. The largest absolute Gasteiger partial charge is 0.542 e. The van der Waals surface area contributed by atoms with Gasteiger partial charge in [-0.25, -0.2) is 0 Å². The SMILES string of the molecule is C.C[B]C[C-]=O.[B]C[C-]=O.[W].[W]. The van der Waals surface area contributed by atoms with E-state index in [1.54, 1.807) is 13.6 Å². The molecule has 3 radical (unpaired) electrons. The van der Waals surface area contributed by atoms with Crippen molar-refractivity contribution in [2.75, 3.05) is 0 Å². The summed E-state index contributed by atoms with van der Waals surface area (Å²) in [4.78, 5) is 18.2. The second-order valence-electron chi connectivity index (χ2n) is 1.11. The van der Waals surface area contributed by atoms with E-state index in [0.29, 0.717) is 6.32 Å². The molecule has 0 amide bonds. The minimum absolute atomic E-state index is 0. The van der Waals surface area contributed by atoms with Crippen molar-refractivity contribution in [1.82, 2.24) is 0 Å². The molecule has 0 spiro atoms. The third-order valence-corrected chi connectivity index (χ3v) is 0.371. The maximum absolute atomic E-state index is 9.25. The molecule has 0 saturated carbocycles. The minimum Gasteiger partial charge on any atom is -0.542 e. The fourth-order valence-electron chi connectivity index (χ4n) is 0.0833. The molecule has 0 rings (SSSR count). The number of rotatable bonds is 3. The summed E-state index contributed by atoms with van der Waals surface area (Å²) in [7, 11) is 6.36. The predicted molar refractivity (Wildman–Crippen MR) is 45.1 cm³/mol. The van der Waals surface area contributed by atoms with Crippen molar-refractivity contribution in [2.45, 2.75) is 26.9 Å². The Kier molecular flexibility index (Phi) is 99.5. The van der Waals surface area contributed by atoms with Gasteiger partial charge in [0.2, 0.25) is 0 Å². The molecule has 0 unspecified atom stereocenters. The number of hydrogen-bond donors (Lipinski definition) is 0. The average molecular weight is 504 g/mol. The molecule has 12 heavy (non-hydrogen) atoms. The third-order valence-electron chi connectivity index (χ3n) is 0.371. The first-order valence-electron chi connectivity index (χ1n) is 2.51. The van der Waals surface area contributed by atoms with Gasteiger partial charge in [-0.3, -0.25) is 12.6 Å². The number of hydrogen-bond acceptors (Lipinski definition) is 2. The van der Waals surface area contributed by atoms with Gasteiger partial charge in [0, 0.05) is 50.0 Å². The van der Waals surface area contributed by atoms with Crippen LogP contribution in [0.4, 0.5) is 0 Å². The molecule has 6 heteroatoms. The second-order valence-corrected chi connectivity index (χ2v) is 1.11. The Morgan fingerprint density at radius 2 is 1.58 bits per heavy atom. The molecule has 0 fully saturated rings. The van der Waals surface area contributed by atoms with Gasteiger partial charge in [-0.2, -0.15) is 12.6 Å². The zero-order valence-electron chi connectivity index (χ0n) is 6.20. The molecule has 0 aliphatic heterocycles. The van der Waals surface area contributed by atoms with Gasteiger partial charge in [-0.1, -0.05) is 14.2 Å². The average Bonchev–Trinajstić information content (AvgIpc) is 1.91. The molecular weight excluding hydrogens is 493 g/mol. The summed E-state index contributed by atoms with van der Waals surface area (Å²) in [6.45, 7) is 1.82. The standard InChI is InChI=1S/C3H5BO.C2H2BO.CH4.2W/c1-4-2-3-5;3-1-2-4;;;/h2H2,1H3;1H2;1H4;;/q2*-1;;;. The zero-order valence-corrected chi connectivity index (χ0v) is 12.1. The van der Waals surface area contributed by atoms with E-state index in [2.05, 4.69) is 7.85 Å². The van der Waals surface area contributed by atoms with E-state index in [1.807, 2.05) is 6.82 Å². The summed E-state index contributed by atoms with van der Waals surface area (Å²) in [6, 6.07) is 0. The molecule has 0 aromatic rings. The molecule has 0 aliphatic rings. The van der Waals surface area contributed by atoms with E-state index in [4.69, 9.17) is 4.79 Å². The van der Waals surface area contributed by atoms with Gasteiger partial charge >= 0.3 is 0 Å². The van der Waals surface area contributed by atoms with Crippen molar-refractivity contribution in [3.8, 4) is 0 Å². The van der Waals surface area contributed by atoms with Crippen LogP contribution in [0.5, 0.6) is 0 Å². The van der Waals surface area contributed by atoms with Gasteiger partial charge in [0.05, 0.1) is 7.28 Å². The Labute approximate surface area is 106 Å². The molecule has 0 aliphatic carbocycles. The first-order valence-corrected chi connectivity index (χ1v) is 2.51. The van der Waals surface area contributed by atoms with E-state index in [9.17, 15) is 4.79 Å². The van der Waals surface area contributed by atoms with Crippen LogP contribution in [-0.2, 0) is 51.7 Å². The monoisotopic (exact) mass is 505 g/mol. The summed E-state index contributed by atoms with van der Waals surface area (Å²) >= 11 is 0. The first kappa shape index (κ1) is 29.3. The van der Waals surface area contributed by atoms with Crippen LogP contribution in [-0.4, -0.2) is 27.7 Å². The normalized spacial score (nSPS) is 4.75. The zero-order chi connectivity index (χ0) is 7.54. The first-order chi connectivity index (χ1) is 4.33. The molecule has 0 aromatic heterocycles. The van der Waals surface area contributed by atoms with Crippen LogP contribution in [0.25, 0.3) is 0 Å². The van der Waals surface area contributed by atoms with Crippen LogP contribution in [0, 0.1) is 0 Å². The Balaban J connectivity index is -0.0000000221. The van der Waals surface area contributed by atoms with E-state index < -0.39 is 0 Å². The molecule has 0 saturated heterocycles. The molecule has 0 atom stereocenters. The topological polar surface area (TPSA) is 34.1 Å². The maximum atomic E-state index is 9.25. The van der Waals surface area contributed by atoms with Gasteiger partial charge in [0.1, 0.15) is 0 Å². The predicted octanol–water partition coefficient (Wildman–Crippen LogP) is 0.581. The molecule has 67 valence electrons. The van der Waals surface area contributed by atoms with Crippen molar-refractivity contribution in [1.29, 1.82) is 0 Å². The van der Waals surface area contributed by atoms with Crippen molar-refractivity contribution in [3.05, 3.63) is 0 Å². The maximum Gasteiger partial charge on any atom is 0.0762 e. The second kappa shape index (κ2) is 40.8.